The molecule has 0 spiro atoms. The molecule has 0 N–H and O–H groups in total. The van der Waals surface area contributed by atoms with Crippen LogP contribution in [0, 0.1) is 6.92 Å². The van der Waals surface area contributed by atoms with Crippen LogP contribution >= 0.6 is 0 Å². The summed E-state index contributed by atoms with van der Waals surface area (Å²) >= 11 is 0. The molecule has 1 unspecified atom stereocenters. The largest absolute Gasteiger partial charge is 0.497 e. The van der Waals surface area contributed by atoms with Gasteiger partial charge in [-0.1, -0.05) is 47.1 Å². The smallest absolute Gasteiger partial charge is 0.246 e. The number of carbonyl (C=O) groups is 1. The Hall–Kier alpha value is -3.45. The standard InChI is InChI=1S/C25H28N4O3/c1-18-4-9-21(10-5-18)24-26-25(32-27-24)19(2)28-14-16-29(17-15-28)23(30)13-8-20-6-11-22(31-3)12-7-20/h4-13,19H,14-17H2,1-3H3/b13-8+. The van der Waals surface area contributed by atoms with Gasteiger partial charge >= 0.3 is 0 Å². The molecule has 4 rings (SSSR count). The fourth-order valence-corrected chi connectivity index (χ4v) is 3.70. The zero-order valence-corrected chi connectivity index (χ0v) is 18.7. The van der Waals surface area contributed by atoms with Gasteiger partial charge in [-0.25, -0.2) is 0 Å². The third kappa shape index (κ3) is 5.06. The maximum atomic E-state index is 12.6. The number of hydrogen-bond donors (Lipinski definition) is 0. The molecule has 0 aliphatic carbocycles. The van der Waals surface area contributed by atoms with E-state index in [0.717, 1.165) is 30.0 Å². The fraction of sp³-hybridized carbons (Fsp3) is 0.320. The van der Waals surface area contributed by atoms with E-state index in [9.17, 15) is 4.79 Å². The number of benzene rings is 2. The fourth-order valence-electron chi connectivity index (χ4n) is 3.70. The highest BCUT2D eigenvalue weighted by molar-refractivity contribution is 5.91. The predicted octanol–water partition coefficient (Wildman–Crippen LogP) is 3.97. The van der Waals surface area contributed by atoms with Gasteiger partial charge in [-0.15, -0.1) is 0 Å². The summed E-state index contributed by atoms with van der Waals surface area (Å²) in [7, 11) is 1.64. The minimum absolute atomic E-state index is 0.00575. The van der Waals surface area contributed by atoms with Crippen molar-refractivity contribution >= 4 is 12.0 Å². The summed E-state index contributed by atoms with van der Waals surface area (Å²) in [6, 6.07) is 15.7. The predicted molar refractivity (Wildman–Crippen MR) is 123 cm³/mol. The Kier molecular flexibility index (Phi) is 6.66. The number of piperazine rings is 1. The van der Waals surface area contributed by atoms with Gasteiger partial charge in [0.2, 0.25) is 17.6 Å². The number of methoxy groups -OCH3 is 1. The first-order valence-electron chi connectivity index (χ1n) is 10.8. The van der Waals surface area contributed by atoms with Crippen LogP contribution in [0.15, 0.2) is 59.1 Å². The van der Waals surface area contributed by atoms with Crippen molar-refractivity contribution in [3.05, 3.63) is 71.6 Å². The molecule has 3 aromatic rings. The normalized spacial score (nSPS) is 15.8. The molecular formula is C25H28N4O3. The Morgan fingerprint density at radius 3 is 2.41 bits per heavy atom. The van der Waals surface area contributed by atoms with E-state index < -0.39 is 0 Å². The summed E-state index contributed by atoms with van der Waals surface area (Å²) in [6.45, 7) is 6.95. The average Bonchev–Trinajstić information content (AvgIpc) is 3.33. The molecule has 1 fully saturated rings. The van der Waals surface area contributed by atoms with Gasteiger partial charge in [-0.2, -0.15) is 4.98 Å². The molecule has 1 amide bonds. The van der Waals surface area contributed by atoms with Crippen LogP contribution in [-0.2, 0) is 4.79 Å². The second-order valence-corrected chi connectivity index (χ2v) is 7.97. The summed E-state index contributed by atoms with van der Waals surface area (Å²) in [6.07, 6.45) is 3.47. The zero-order chi connectivity index (χ0) is 22.5. The Labute approximate surface area is 188 Å². The van der Waals surface area contributed by atoms with Crippen molar-refractivity contribution in [1.29, 1.82) is 0 Å². The van der Waals surface area contributed by atoms with Gasteiger partial charge in [0.1, 0.15) is 5.75 Å². The van der Waals surface area contributed by atoms with Gasteiger partial charge in [-0.3, -0.25) is 9.69 Å². The first kappa shape index (κ1) is 21.8. The third-order valence-electron chi connectivity index (χ3n) is 5.82. The highest BCUT2D eigenvalue weighted by Crippen LogP contribution is 2.24. The Bertz CT molecular complexity index is 1070. The molecule has 0 saturated carbocycles. The number of hydrogen-bond acceptors (Lipinski definition) is 6. The van der Waals surface area contributed by atoms with Crippen LogP contribution in [0.1, 0.15) is 30.0 Å². The van der Waals surface area contributed by atoms with Crippen molar-refractivity contribution in [2.75, 3.05) is 33.3 Å². The van der Waals surface area contributed by atoms with E-state index >= 15 is 0 Å². The lowest BCUT2D eigenvalue weighted by Gasteiger charge is -2.36. The van der Waals surface area contributed by atoms with E-state index in [1.807, 2.05) is 66.4 Å². The Balaban J connectivity index is 1.31. The molecule has 1 aromatic heterocycles. The molecule has 1 atom stereocenters. The third-order valence-corrected chi connectivity index (χ3v) is 5.82. The van der Waals surface area contributed by atoms with Crippen molar-refractivity contribution in [3.63, 3.8) is 0 Å². The molecular weight excluding hydrogens is 404 g/mol. The average molecular weight is 433 g/mol. The lowest BCUT2D eigenvalue weighted by molar-refractivity contribution is -0.128. The van der Waals surface area contributed by atoms with Crippen molar-refractivity contribution < 1.29 is 14.1 Å². The summed E-state index contributed by atoms with van der Waals surface area (Å²) in [5, 5.41) is 4.14. The van der Waals surface area contributed by atoms with Gasteiger partial charge < -0.3 is 14.2 Å². The second-order valence-electron chi connectivity index (χ2n) is 7.97. The molecule has 7 heteroatoms. The monoisotopic (exact) mass is 432 g/mol. The number of aromatic nitrogens is 2. The molecule has 2 heterocycles. The number of carbonyl (C=O) groups excluding carboxylic acids is 1. The van der Waals surface area contributed by atoms with Crippen LogP contribution in [0.2, 0.25) is 0 Å². The zero-order valence-electron chi connectivity index (χ0n) is 18.7. The number of ether oxygens (including phenoxy) is 1. The van der Waals surface area contributed by atoms with Gasteiger partial charge in [0.05, 0.1) is 13.2 Å². The number of nitrogens with zero attached hydrogens (tertiary/aromatic N) is 4. The van der Waals surface area contributed by atoms with Crippen LogP contribution in [-0.4, -0.2) is 59.1 Å². The van der Waals surface area contributed by atoms with Gasteiger partial charge in [0, 0.05) is 37.8 Å². The van der Waals surface area contributed by atoms with Crippen molar-refractivity contribution in [2.45, 2.75) is 19.9 Å². The molecule has 0 radical (unpaired) electrons. The molecule has 0 bridgehead atoms. The van der Waals surface area contributed by atoms with E-state index in [4.69, 9.17) is 9.26 Å². The van der Waals surface area contributed by atoms with E-state index in [1.54, 1.807) is 13.2 Å². The minimum Gasteiger partial charge on any atom is -0.497 e. The molecule has 7 nitrogen and oxygen atoms in total. The molecule has 2 aromatic carbocycles. The number of amides is 1. The summed E-state index contributed by atoms with van der Waals surface area (Å²) in [5.74, 6) is 2.02. The maximum absolute atomic E-state index is 12.6. The first-order valence-corrected chi connectivity index (χ1v) is 10.8. The molecule has 1 aliphatic heterocycles. The van der Waals surface area contributed by atoms with E-state index in [1.165, 1.54) is 5.56 Å². The van der Waals surface area contributed by atoms with Crippen molar-refractivity contribution in [3.8, 4) is 17.1 Å². The van der Waals surface area contributed by atoms with Crippen molar-refractivity contribution in [1.82, 2.24) is 19.9 Å². The summed E-state index contributed by atoms with van der Waals surface area (Å²) in [4.78, 5) is 21.3. The van der Waals surface area contributed by atoms with Crippen LogP contribution in [0.5, 0.6) is 5.75 Å². The lowest BCUT2D eigenvalue weighted by Crippen LogP contribution is -2.48. The SMILES string of the molecule is COc1ccc(/C=C/C(=O)N2CCN(C(C)c3nc(-c4ccc(C)cc4)no3)CC2)cc1. The van der Waals surface area contributed by atoms with Gasteiger partial charge in [-0.05, 0) is 37.6 Å². The summed E-state index contributed by atoms with van der Waals surface area (Å²) in [5.41, 5.74) is 3.10. The Morgan fingerprint density at radius 2 is 1.75 bits per heavy atom. The Morgan fingerprint density at radius 1 is 1.06 bits per heavy atom. The van der Waals surface area contributed by atoms with Gasteiger partial charge in [0.25, 0.3) is 0 Å². The number of aryl methyl sites for hydroxylation is 1. The van der Waals surface area contributed by atoms with E-state index in [2.05, 4.69) is 22.0 Å². The van der Waals surface area contributed by atoms with Crippen LogP contribution in [0.4, 0.5) is 0 Å². The van der Waals surface area contributed by atoms with E-state index in [0.29, 0.717) is 24.8 Å². The van der Waals surface area contributed by atoms with E-state index in [-0.39, 0.29) is 11.9 Å². The van der Waals surface area contributed by atoms with Crippen LogP contribution in [0.25, 0.3) is 17.5 Å². The van der Waals surface area contributed by atoms with Gasteiger partial charge in [0.15, 0.2) is 0 Å². The second kappa shape index (κ2) is 9.78. The lowest BCUT2D eigenvalue weighted by atomic mass is 10.1. The first-order chi connectivity index (χ1) is 15.5. The molecule has 1 aliphatic rings. The highest BCUT2D eigenvalue weighted by atomic mass is 16.5. The van der Waals surface area contributed by atoms with Crippen molar-refractivity contribution in [2.24, 2.45) is 0 Å². The topological polar surface area (TPSA) is 71.7 Å². The van der Waals surface area contributed by atoms with Crippen LogP contribution < -0.4 is 4.74 Å². The van der Waals surface area contributed by atoms with Crippen LogP contribution in [0.3, 0.4) is 0 Å². The minimum atomic E-state index is -0.00575. The summed E-state index contributed by atoms with van der Waals surface area (Å²) < 4.78 is 10.7. The molecule has 166 valence electrons. The molecule has 32 heavy (non-hydrogen) atoms. The molecule has 1 saturated heterocycles. The maximum Gasteiger partial charge on any atom is 0.246 e. The number of rotatable bonds is 6. The quantitative estimate of drug-likeness (QED) is 0.549. The highest BCUT2D eigenvalue weighted by Gasteiger charge is 2.27.